The summed E-state index contributed by atoms with van der Waals surface area (Å²) in [5.74, 6) is -0.648. The van der Waals surface area contributed by atoms with Gasteiger partial charge in [0.05, 0.1) is 0 Å². The monoisotopic (exact) mass is 258 g/mol. The predicted octanol–water partition coefficient (Wildman–Crippen LogP) is 2.57. The first-order valence-corrected chi connectivity index (χ1v) is 5.81. The molecule has 2 aromatic rings. The number of aliphatic carboxylic acids is 1. The van der Waals surface area contributed by atoms with Crippen LogP contribution >= 0.6 is 0 Å². The third-order valence-corrected chi connectivity index (χ3v) is 2.72. The molecule has 2 aromatic carbocycles. The Morgan fingerprint density at radius 1 is 1.21 bits per heavy atom. The second-order valence-corrected chi connectivity index (χ2v) is 4.19. The molecular formula is C15H14O4. The van der Waals surface area contributed by atoms with E-state index in [1.54, 1.807) is 12.1 Å². The minimum absolute atomic E-state index is 0.0895. The molecule has 0 saturated carbocycles. The summed E-state index contributed by atoms with van der Waals surface area (Å²) in [5.41, 5.74) is -0.0895. The van der Waals surface area contributed by atoms with Gasteiger partial charge in [0.1, 0.15) is 5.75 Å². The minimum atomic E-state index is -1.22. The third kappa shape index (κ3) is 3.33. The van der Waals surface area contributed by atoms with Crippen molar-refractivity contribution >= 4 is 16.7 Å². The Kier molecular flexibility index (Phi) is 3.82. The molecule has 1 unspecified atom stereocenters. The SMILES string of the molecule is C=C(CC(O)Oc1ccc2ccccc2c1)C(=O)O. The van der Waals surface area contributed by atoms with Crippen molar-refractivity contribution in [2.75, 3.05) is 0 Å². The van der Waals surface area contributed by atoms with Crippen LogP contribution in [0.15, 0.2) is 54.6 Å². The third-order valence-electron chi connectivity index (χ3n) is 2.72. The molecule has 1 atom stereocenters. The van der Waals surface area contributed by atoms with Crippen LogP contribution in [0.3, 0.4) is 0 Å². The molecule has 19 heavy (non-hydrogen) atoms. The number of aliphatic hydroxyl groups excluding tert-OH is 1. The lowest BCUT2D eigenvalue weighted by atomic mass is 10.1. The maximum atomic E-state index is 10.6. The summed E-state index contributed by atoms with van der Waals surface area (Å²) in [6.45, 7) is 3.35. The minimum Gasteiger partial charge on any atom is -0.478 e. The number of rotatable bonds is 5. The Labute approximate surface area is 110 Å². The van der Waals surface area contributed by atoms with Gasteiger partial charge in [-0.25, -0.2) is 4.79 Å². The number of carboxylic acids is 1. The molecule has 4 nitrogen and oxygen atoms in total. The van der Waals surface area contributed by atoms with E-state index in [1.165, 1.54) is 0 Å². The average molecular weight is 258 g/mol. The molecule has 0 aromatic heterocycles. The van der Waals surface area contributed by atoms with Crippen LogP contribution in [0.4, 0.5) is 0 Å². The number of ether oxygens (including phenoxy) is 1. The normalized spacial score (nSPS) is 12.1. The van der Waals surface area contributed by atoms with Crippen LogP contribution in [0.2, 0.25) is 0 Å². The fourth-order valence-electron chi connectivity index (χ4n) is 1.74. The van der Waals surface area contributed by atoms with Gasteiger partial charge in [0.2, 0.25) is 6.29 Å². The van der Waals surface area contributed by atoms with Crippen LogP contribution in [-0.4, -0.2) is 22.5 Å². The van der Waals surface area contributed by atoms with Gasteiger partial charge in [-0.05, 0) is 22.9 Å². The van der Waals surface area contributed by atoms with E-state index in [0.717, 1.165) is 10.8 Å². The van der Waals surface area contributed by atoms with E-state index in [9.17, 15) is 9.90 Å². The molecule has 0 heterocycles. The van der Waals surface area contributed by atoms with E-state index in [2.05, 4.69) is 6.58 Å². The van der Waals surface area contributed by atoms with Crippen molar-refractivity contribution in [1.82, 2.24) is 0 Å². The number of fused-ring (bicyclic) bond motifs is 1. The molecule has 2 N–H and O–H groups in total. The van der Waals surface area contributed by atoms with Crippen LogP contribution in [0.5, 0.6) is 5.75 Å². The first-order chi connectivity index (χ1) is 9.06. The van der Waals surface area contributed by atoms with E-state index in [4.69, 9.17) is 9.84 Å². The fourth-order valence-corrected chi connectivity index (χ4v) is 1.74. The molecule has 2 rings (SSSR count). The summed E-state index contributed by atoms with van der Waals surface area (Å²) in [6.07, 6.45) is -1.35. The van der Waals surface area contributed by atoms with Gasteiger partial charge in [0, 0.05) is 12.0 Å². The fraction of sp³-hybridized carbons (Fsp3) is 0.133. The van der Waals surface area contributed by atoms with Crippen molar-refractivity contribution in [1.29, 1.82) is 0 Å². The number of benzene rings is 2. The number of carbonyl (C=O) groups is 1. The highest BCUT2D eigenvalue weighted by molar-refractivity contribution is 5.85. The van der Waals surface area contributed by atoms with Gasteiger partial charge in [-0.15, -0.1) is 0 Å². The van der Waals surface area contributed by atoms with E-state index >= 15 is 0 Å². The van der Waals surface area contributed by atoms with Gasteiger partial charge in [-0.2, -0.15) is 0 Å². The predicted molar refractivity (Wildman–Crippen MR) is 72.0 cm³/mol. The summed E-state index contributed by atoms with van der Waals surface area (Å²) in [5, 5.41) is 20.4. The van der Waals surface area contributed by atoms with Crippen LogP contribution in [0.25, 0.3) is 10.8 Å². The largest absolute Gasteiger partial charge is 0.478 e. The smallest absolute Gasteiger partial charge is 0.331 e. The molecule has 0 aliphatic heterocycles. The Balaban J connectivity index is 2.08. The van der Waals surface area contributed by atoms with Crippen molar-refractivity contribution < 1.29 is 19.7 Å². The molecule has 0 bridgehead atoms. The maximum Gasteiger partial charge on any atom is 0.331 e. The van der Waals surface area contributed by atoms with Crippen molar-refractivity contribution in [2.24, 2.45) is 0 Å². The summed E-state index contributed by atoms with van der Waals surface area (Å²) >= 11 is 0. The standard InChI is InChI=1S/C15H14O4/c1-10(15(17)18)8-14(16)19-13-7-6-11-4-2-3-5-12(11)9-13/h2-7,9,14,16H,1,8H2,(H,17,18). The highest BCUT2D eigenvalue weighted by Crippen LogP contribution is 2.22. The molecular weight excluding hydrogens is 244 g/mol. The first-order valence-electron chi connectivity index (χ1n) is 5.81. The number of hydrogen-bond donors (Lipinski definition) is 2. The van der Waals surface area contributed by atoms with Crippen molar-refractivity contribution in [2.45, 2.75) is 12.7 Å². The highest BCUT2D eigenvalue weighted by atomic mass is 16.6. The quantitative estimate of drug-likeness (QED) is 0.639. The maximum absolute atomic E-state index is 10.6. The molecule has 0 aliphatic rings. The summed E-state index contributed by atoms with van der Waals surface area (Å²) in [6, 6.07) is 13.2. The zero-order valence-corrected chi connectivity index (χ0v) is 10.2. The first kappa shape index (κ1) is 13.1. The Hall–Kier alpha value is -2.33. The lowest BCUT2D eigenvalue weighted by molar-refractivity contribution is -0.133. The van der Waals surface area contributed by atoms with Gasteiger partial charge < -0.3 is 14.9 Å². The number of hydrogen-bond acceptors (Lipinski definition) is 3. The van der Waals surface area contributed by atoms with Crippen LogP contribution in [0, 0.1) is 0 Å². The zero-order chi connectivity index (χ0) is 13.8. The van der Waals surface area contributed by atoms with Crippen molar-refractivity contribution in [3.63, 3.8) is 0 Å². The second kappa shape index (κ2) is 5.54. The summed E-state index contributed by atoms with van der Waals surface area (Å²) in [4.78, 5) is 10.6. The summed E-state index contributed by atoms with van der Waals surface area (Å²) < 4.78 is 5.27. The highest BCUT2D eigenvalue weighted by Gasteiger charge is 2.12. The topological polar surface area (TPSA) is 66.8 Å². The number of carboxylic acid groups (broad SMARTS) is 1. The lowest BCUT2D eigenvalue weighted by Gasteiger charge is -2.13. The molecule has 0 radical (unpaired) electrons. The zero-order valence-electron chi connectivity index (χ0n) is 10.2. The van der Waals surface area contributed by atoms with Crippen molar-refractivity contribution in [3.05, 3.63) is 54.6 Å². The molecule has 0 fully saturated rings. The molecule has 4 heteroatoms. The summed E-state index contributed by atoms with van der Waals surface area (Å²) in [7, 11) is 0. The van der Waals surface area contributed by atoms with Crippen LogP contribution in [0.1, 0.15) is 6.42 Å². The Morgan fingerprint density at radius 2 is 1.89 bits per heavy atom. The van der Waals surface area contributed by atoms with Crippen LogP contribution < -0.4 is 4.74 Å². The van der Waals surface area contributed by atoms with E-state index in [1.807, 2.05) is 30.3 Å². The number of aliphatic hydroxyl groups is 1. The van der Waals surface area contributed by atoms with Gasteiger partial charge in [0.15, 0.2) is 0 Å². The Morgan fingerprint density at radius 3 is 2.58 bits per heavy atom. The van der Waals surface area contributed by atoms with Crippen LogP contribution in [-0.2, 0) is 4.79 Å². The van der Waals surface area contributed by atoms with E-state index in [-0.39, 0.29) is 12.0 Å². The van der Waals surface area contributed by atoms with Gasteiger partial charge in [-0.3, -0.25) is 0 Å². The second-order valence-electron chi connectivity index (χ2n) is 4.19. The molecule has 98 valence electrons. The average Bonchev–Trinajstić information content (AvgIpc) is 2.38. The molecule has 0 saturated heterocycles. The van der Waals surface area contributed by atoms with Crippen molar-refractivity contribution in [3.8, 4) is 5.75 Å². The molecule has 0 amide bonds. The van der Waals surface area contributed by atoms with E-state index in [0.29, 0.717) is 5.75 Å². The molecule has 0 spiro atoms. The van der Waals surface area contributed by atoms with Gasteiger partial charge in [0.25, 0.3) is 0 Å². The van der Waals surface area contributed by atoms with Gasteiger partial charge >= 0.3 is 5.97 Å². The van der Waals surface area contributed by atoms with E-state index < -0.39 is 12.3 Å². The molecule has 0 aliphatic carbocycles. The van der Waals surface area contributed by atoms with Gasteiger partial charge in [-0.1, -0.05) is 36.9 Å². The Bertz CT molecular complexity index is 618. The lowest BCUT2D eigenvalue weighted by Crippen LogP contribution is -2.18.